The van der Waals surface area contributed by atoms with Crippen molar-refractivity contribution in [2.24, 2.45) is 0 Å². The Kier molecular flexibility index (Phi) is 8.02. The van der Waals surface area contributed by atoms with Gasteiger partial charge in [-0.15, -0.1) is 0 Å². The maximum absolute atomic E-state index is 12.0. The highest BCUT2D eigenvalue weighted by Gasteiger charge is 2.29. The Balaban J connectivity index is 4.70. The fourth-order valence-corrected chi connectivity index (χ4v) is 3.73. The minimum absolute atomic E-state index is 0.125. The van der Waals surface area contributed by atoms with Crippen LogP contribution >= 0.6 is 0 Å². The third-order valence-electron chi connectivity index (χ3n) is 2.97. The van der Waals surface area contributed by atoms with Gasteiger partial charge in [-0.25, -0.2) is 8.42 Å². The SMILES string of the molecule is CCCNC(CCC)C(CC)S(=O)(=O)CC. The van der Waals surface area contributed by atoms with Crippen molar-refractivity contribution >= 4 is 9.84 Å². The van der Waals surface area contributed by atoms with Gasteiger partial charge in [-0.2, -0.15) is 0 Å². The van der Waals surface area contributed by atoms with Gasteiger partial charge >= 0.3 is 0 Å². The van der Waals surface area contributed by atoms with Crippen LogP contribution in [0.2, 0.25) is 0 Å². The molecule has 2 atom stereocenters. The maximum atomic E-state index is 12.0. The number of hydrogen-bond acceptors (Lipinski definition) is 3. The van der Waals surface area contributed by atoms with Gasteiger partial charge in [0.25, 0.3) is 0 Å². The molecule has 4 heteroatoms. The van der Waals surface area contributed by atoms with Crippen molar-refractivity contribution in [3.05, 3.63) is 0 Å². The average Bonchev–Trinajstić information content (AvgIpc) is 2.26. The molecule has 0 bridgehead atoms. The Hall–Kier alpha value is -0.0900. The van der Waals surface area contributed by atoms with Gasteiger partial charge in [0, 0.05) is 11.8 Å². The highest BCUT2D eigenvalue weighted by Crippen LogP contribution is 2.16. The smallest absolute Gasteiger partial charge is 0.154 e. The molecule has 0 radical (unpaired) electrons. The molecule has 0 aliphatic heterocycles. The molecule has 3 nitrogen and oxygen atoms in total. The number of nitrogens with one attached hydrogen (secondary N) is 1. The molecule has 1 N–H and O–H groups in total. The van der Waals surface area contributed by atoms with Gasteiger partial charge in [0.15, 0.2) is 9.84 Å². The standard InChI is InChI=1S/C12H27NO2S/c1-5-9-11(13-10-6-2)12(7-3)16(14,15)8-4/h11-13H,5-10H2,1-4H3. The third kappa shape index (κ3) is 4.83. The van der Waals surface area contributed by atoms with Crippen LogP contribution in [0.5, 0.6) is 0 Å². The molecule has 16 heavy (non-hydrogen) atoms. The molecule has 0 aliphatic carbocycles. The van der Waals surface area contributed by atoms with Crippen molar-refractivity contribution in [3.8, 4) is 0 Å². The van der Waals surface area contributed by atoms with E-state index >= 15 is 0 Å². The number of hydrogen-bond donors (Lipinski definition) is 1. The zero-order valence-corrected chi connectivity index (χ0v) is 11.9. The first kappa shape index (κ1) is 15.9. The van der Waals surface area contributed by atoms with E-state index in [1.54, 1.807) is 6.92 Å². The Morgan fingerprint density at radius 3 is 2.06 bits per heavy atom. The fraction of sp³-hybridized carbons (Fsp3) is 1.00. The summed E-state index contributed by atoms with van der Waals surface area (Å²) < 4.78 is 23.9. The Morgan fingerprint density at radius 2 is 1.69 bits per heavy atom. The molecule has 0 aromatic heterocycles. The van der Waals surface area contributed by atoms with Crippen LogP contribution in [-0.4, -0.2) is 32.0 Å². The first-order valence-corrected chi connectivity index (χ1v) is 8.19. The third-order valence-corrected chi connectivity index (χ3v) is 5.36. The summed E-state index contributed by atoms with van der Waals surface area (Å²) in [4.78, 5) is 0. The van der Waals surface area contributed by atoms with Crippen LogP contribution in [0.1, 0.15) is 53.4 Å². The van der Waals surface area contributed by atoms with Crippen molar-refractivity contribution < 1.29 is 8.42 Å². The molecule has 0 heterocycles. The summed E-state index contributed by atoms with van der Waals surface area (Å²) in [6, 6.07) is 0.125. The summed E-state index contributed by atoms with van der Waals surface area (Å²) in [5, 5.41) is 3.16. The van der Waals surface area contributed by atoms with E-state index in [2.05, 4.69) is 19.2 Å². The van der Waals surface area contributed by atoms with Crippen LogP contribution in [-0.2, 0) is 9.84 Å². The van der Waals surface area contributed by atoms with Crippen LogP contribution in [0.25, 0.3) is 0 Å². The molecule has 0 aromatic carbocycles. The largest absolute Gasteiger partial charge is 0.313 e. The van der Waals surface area contributed by atoms with Crippen molar-refractivity contribution in [2.75, 3.05) is 12.3 Å². The second kappa shape index (κ2) is 8.07. The van der Waals surface area contributed by atoms with Crippen LogP contribution in [0.3, 0.4) is 0 Å². The topological polar surface area (TPSA) is 46.2 Å². The molecule has 0 amide bonds. The van der Waals surface area contributed by atoms with Gasteiger partial charge in [0.2, 0.25) is 0 Å². The molecule has 98 valence electrons. The second-order valence-corrected chi connectivity index (χ2v) is 6.76. The minimum atomic E-state index is -2.92. The summed E-state index contributed by atoms with van der Waals surface area (Å²) in [7, 11) is -2.92. The van der Waals surface area contributed by atoms with E-state index < -0.39 is 9.84 Å². The molecule has 0 aliphatic rings. The van der Waals surface area contributed by atoms with Gasteiger partial charge in [0.1, 0.15) is 0 Å². The van der Waals surface area contributed by atoms with Gasteiger partial charge in [0.05, 0.1) is 5.25 Å². The lowest BCUT2D eigenvalue weighted by atomic mass is 10.1. The highest BCUT2D eigenvalue weighted by atomic mass is 32.2. The normalized spacial score (nSPS) is 16.0. The first-order chi connectivity index (χ1) is 7.53. The van der Waals surface area contributed by atoms with E-state index in [9.17, 15) is 8.42 Å². The van der Waals surface area contributed by atoms with E-state index in [0.717, 1.165) is 25.8 Å². The number of rotatable bonds is 9. The molecule has 0 saturated heterocycles. The molecular formula is C12H27NO2S. The van der Waals surface area contributed by atoms with E-state index in [1.807, 2.05) is 6.92 Å². The maximum Gasteiger partial charge on any atom is 0.154 e. The van der Waals surface area contributed by atoms with E-state index in [0.29, 0.717) is 6.42 Å². The minimum Gasteiger partial charge on any atom is -0.313 e. The first-order valence-electron chi connectivity index (χ1n) is 6.48. The quantitative estimate of drug-likeness (QED) is 0.682. The lowest BCUT2D eigenvalue weighted by Gasteiger charge is -2.26. The average molecular weight is 249 g/mol. The van der Waals surface area contributed by atoms with Crippen LogP contribution < -0.4 is 5.32 Å². The zero-order valence-electron chi connectivity index (χ0n) is 11.1. The van der Waals surface area contributed by atoms with Crippen molar-refractivity contribution in [3.63, 3.8) is 0 Å². The lowest BCUT2D eigenvalue weighted by Crippen LogP contribution is -2.44. The molecular weight excluding hydrogens is 222 g/mol. The summed E-state index contributed by atoms with van der Waals surface area (Å²) >= 11 is 0. The predicted octanol–water partition coefficient (Wildman–Crippen LogP) is 2.37. The van der Waals surface area contributed by atoms with Crippen molar-refractivity contribution in [1.29, 1.82) is 0 Å². The Morgan fingerprint density at radius 1 is 1.06 bits per heavy atom. The number of sulfone groups is 1. The van der Waals surface area contributed by atoms with E-state index in [-0.39, 0.29) is 17.0 Å². The molecule has 0 aromatic rings. The summed E-state index contributed by atoms with van der Waals surface area (Å²) in [5.41, 5.74) is 0. The molecule has 0 spiro atoms. The van der Waals surface area contributed by atoms with Crippen LogP contribution in [0.15, 0.2) is 0 Å². The van der Waals surface area contributed by atoms with E-state index in [4.69, 9.17) is 0 Å². The molecule has 0 rings (SSSR count). The molecule has 2 unspecified atom stereocenters. The van der Waals surface area contributed by atoms with Gasteiger partial charge < -0.3 is 5.32 Å². The molecule has 0 fully saturated rings. The molecule has 0 saturated carbocycles. The summed E-state index contributed by atoms with van der Waals surface area (Å²) in [6.45, 7) is 8.81. The van der Waals surface area contributed by atoms with Crippen molar-refractivity contribution in [1.82, 2.24) is 5.32 Å². The van der Waals surface area contributed by atoms with E-state index in [1.165, 1.54) is 0 Å². The van der Waals surface area contributed by atoms with Crippen LogP contribution in [0.4, 0.5) is 0 Å². The fourth-order valence-electron chi connectivity index (χ4n) is 2.06. The Bertz CT molecular complexity index is 262. The monoisotopic (exact) mass is 249 g/mol. The van der Waals surface area contributed by atoms with Gasteiger partial charge in [-0.1, -0.05) is 34.1 Å². The van der Waals surface area contributed by atoms with Crippen LogP contribution in [0, 0.1) is 0 Å². The second-order valence-electron chi connectivity index (χ2n) is 4.25. The summed E-state index contributed by atoms with van der Waals surface area (Å²) in [6.07, 6.45) is 3.72. The zero-order chi connectivity index (χ0) is 12.6. The van der Waals surface area contributed by atoms with Gasteiger partial charge in [-0.3, -0.25) is 0 Å². The van der Waals surface area contributed by atoms with Gasteiger partial charge in [-0.05, 0) is 25.8 Å². The predicted molar refractivity (Wildman–Crippen MR) is 70.5 cm³/mol. The Labute approximate surface area is 101 Å². The highest BCUT2D eigenvalue weighted by molar-refractivity contribution is 7.92. The summed E-state index contributed by atoms with van der Waals surface area (Å²) in [5.74, 6) is 0.250. The lowest BCUT2D eigenvalue weighted by molar-refractivity contribution is 0.436. The van der Waals surface area contributed by atoms with Crippen molar-refractivity contribution in [2.45, 2.75) is 64.7 Å².